The van der Waals surface area contributed by atoms with Crippen molar-refractivity contribution in [2.45, 2.75) is 13.3 Å². The fraction of sp³-hybridized carbons (Fsp3) is 0.150. The van der Waals surface area contributed by atoms with Crippen molar-refractivity contribution in [3.63, 3.8) is 0 Å². The summed E-state index contributed by atoms with van der Waals surface area (Å²) in [4.78, 5) is 28.1. The third-order valence-corrected chi connectivity index (χ3v) is 4.22. The Kier molecular flexibility index (Phi) is 4.23. The van der Waals surface area contributed by atoms with Crippen LogP contribution in [0, 0.1) is 0 Å². The number of phenols is 2. The van der Waals surface area contributed by atoms with Crippen LogP contribution in [-0.2, 0) is 16.0 Å². The molecule has 8 heteroatoms. The predicted octanol–water partition coefficient (Wildman–Crippen LogP) is 3.12. The van der Waals surface area contributed by atoms with Gasteiger partial charge in [0.15, 0.2) is 17.1 Å². The van der Waals surface area contributed by atoms with Gasteiger partial charge in [-0.15, -0.1) is 0 Å². The highest BCUT2D eigenvalue weighted by atomic mass is 16.5. The smallest absolute Gasteiger partial charge is 0.336 e. The van der Waals surface area contributed by atoms with Gasteiger partial charge in [0.2, 0.25) is 5.89 Å². The quantitative estimate of drug-likeness (QED) is 0.314. The van der Waals surface area contributed by atoms with Gasteiger partial charge in [-0.3, -0.25) is 4.79 Å². The molecule has 4 aromatic rings. The van der Waals surface area contributed by atoms with Gasteiger partial charge in [0.05, 0.1) is 18.6 Å². The molecule has 0 saturated carbocycles. The van der Waals surface area contributed by atoms with E-state index in [4.69, 9.17) is 13.6 Å². The minimum absolute atomic E-state index is 0.0838. The summed E-state index contributed by atoms with van der Waals surface area (Å²) in [5.41, 5.74) is 1.06. The predicted molar refractivity (Wildman–Crippen MR) is 99.2 cm³/mol. The van der Waals surface area contributed by atoms with E-state index in [-0.39, 0.29) is 41.6 Å². The van der Waals surface area contributed by atoms with Gasteiger partial charge in [0, 0.05) is 17.5 Å². The summed E-state index contributed by atoms with van der Waals surface area (Å²) in [6.07, 6.45) is -0.0838. The Morgan fingerprint density at radius 3 is 2.75 bits per heavy atom. The number of aromatic hydroxyl groups is 2. The number of aromatic nitrogens is 1. The molecule has 0 saturated heterocycles. The SMILES string of the molecule is CCOC(=O)Cc1cc(=O)oc2cc3oc(-c4cccc(O)c4O)nc3cc12. The van der Waals surface area contributed by atoms with Gasteiger partial charge < -0.3 is 23.8 Å². The fourth-order valence-corrected chi connectivity index (χ4v) is 2.98. The lowest BCUT2D eigenvalue weighted by atomic mass is 10.1. The van der Waals surface area contributed by atoms with Crippen LogP contribution in [0.4, 0.5) is 0 Å². The molecule has 2 aromatic carbocycles. The Morgan fingerprint density at radius 2 is 1.96 bits per heavy atom. The molecule has 4 rings (SSSR count). The van der Waals surface area contributed by atoms with Crippen LogP contribution in [0.5, 0.6) is 11.5 Å². The van der Waals surface area contributed by atoms with Gasteiger partial charge in [-0.2, -0.15) is 0 Å². The molecule has 0 atom stereocenters. The van der Waals surface area contributed by atoms with E-state index in [0.717, 1.165) is 0 Å². The first-order valence-corrected chi connectivity index (χ1v) is 8.50. The van der Waals surface area contributed by atoms with Crippen molar-refractivity contribution in [3.8, 4) is 23.0 Å². The number of fused-ring (bicyclic) bond motifs is 2. The number of nitrogens with zero attached hydrogens (tertiary/aromatic N) is 1. The van der Waals surface area contributed by atoms with Crippen molar-refractivity contribution in [2.75, 3.05) is 6.61 Å². The van der Waals surface area contributed by atoms with Crippen molar-refractivity contribution in [3.05, 3.63) is 52.4 Å². The number of phenolic OH excluding ortho intramolecular Hbond substituents is 2. The molecule has 28 heavy (non-hydrogen) atoms. The molecule has 142 valence electrons. The molecule has 0 aliphatic carbocycles. The van der Waals surface area contributed by atoms with Gasteiger partial charge in [-0.1, -0.05) is 6.07 Å². The van der Waals surface area contributed by atoms with E-state index >= 15 is 0 Å². The molecule has 0 aliphatic rings. The topological polar surface area (TPSA) is 123 Å². The molecule has 2 N–H and O–H groups in total. The molecule has 0 radical (unpaired) electrons. The fourth-order valence-electron chi connectivity index (χ4n) is 2.98. The summed E-state index contributed by atoms with van der Waals surface area (Å²) in [7, 11) is 0. The number of carbonyl (C=O) groups is 1. The zero-order valence-corrected chi connectivity index (χ0v) is 14.8. The number of ether oxygens (including phenoxy) is 1. The number of rotatable bonds is 4. The first-order valence-electron chi connectivity index (χ1n) is 8.50. The van der Waals surface area contributed by atoms with Crippen LogP contribution < -0.4 is 5.63 Å². The largest absolute Gasteiger partial charge is 0.504 e. The maximum absolute atomic E-state index is 11.9. The summed E-state index contributed by atoms with van der Waals surface area (Å²) in [5.74, 6) is -1.02. The van der Waals surface area contributed by atoms with Crippen molar-refractivity contribution in [1.29, 1.82) is 0 Å². The van der Waals surface area contributed by atoms with Gasteiger partial charge in [-0.25, -0.2) is 9.78 Å². The lowest BCUT2D eigenvalue weighted by Gasteiger charge is -2.05. The molecule has 2 aromatic heterocycles. The van der Waals surface area contributed by atoms with Crippen molar-refractivity contribution in [2.24, 2.45) is 0 Å². The Balaban J connectivity index is 1.88. The van der Waals surface area contributed by atoms with Crippen molar-refractivity contribution >= 4 is 28.0 Å². The zero-order chi connectivity index (χ0) is 19.8. The number of oxazole rings is 1. The van der Waals surface area contributed by atoms with E-state index in [0.29, 0.717) is 22.0 Å². The second kappa shape index (κ2) is 6.73. The molecule has 0 spiro atoms. The number of hydrogen-bond acceptors (Lipinski definition) is 8. The lowest BCUT2D eigenvalue weighted by Crippen LogP contribution is -2.10. The summed E-state index contributed by atoms with van der Waals surface area (Å²) in [6, 6.07) is 8.81. The standard InChI is InChI=1S/C20H15NO7/c1-2-26-17(23)6-10-7-18(24)27-15-9-16-13(8-12(10)15)21-20(28-16)11-4-3-5-14(22)19(11)25/h3-5,7-9,22,25H,2,6H2,1H3. The Bertz CT molecular complexity index is 1270. The number of hydrogen-bond donors (Lipinski definition) is 2. The van der Waals surface area contributed by atoms with E-state index in [1.54, 1.807) is 25.1 Å². The molecular formula is C20H15NO7. The van der Waals surface area contributed by atoms with Crippen LogP contribution in [0.15, 0.2) is 50.0 Å². The normalized spacial score (nSPS) is 11.2. The van der Waals surface area contributed by atoms with E-state index in [2.05, 4.69) is 4.98 Å². The van der Waals surface area contributed by atoms with Crippen molar-refractivity contribution < 1.29 is 28.6 Å². The van der Waals surface area contributed by atoms with Crippen LogP contribution in [0.1, 0.15) is 12.5 Å². The number of carbonyl (C=O) groups excluding carboxylic acids is 1. The molecule has 8 nitrogen and oxygen atoms in total. The molecule has 0 amide bonds. The number of benzene rings is 2. The van der Waals surface area contributed by atoms with Crippen LogP contribution in [-0.4, -0.2) is 27.8 Å². The maximum Gasteiger partial charge on any atom is 0.336 e. The Hall–Kier alpha value is -3.81. The minimum Gasteiger partial charge on any atom is -0.504 e. The van der Waals surface area contributed by atoms with Crippen LogP contribution in [0.25, 0.3) is 33.5 Å². The molecule has 0 bridgehead atoms. The first-order chi connectivity index (χ1) is 13.5. The van der Waals surface area contributed by atoms with Gasteiger partial charge in [0.1, 0.15) is 11.1 Å². The highest BCUT2D eigenvalue weighted by Crippen LogP contribution is 2.37. The maximum atomic E-state index is 11.9. The lowest BCUT2D eigenvalue weighted by molar-refractivity contribution is -0.142. The van der Waals surface area contributed by atoms with E-state index in [1.807, 2.05) is 0 Å². The highest BCUT2D eigenvalue weighted by Gasteiger charge is 2.17. The molecule has 2 heterocycles. The average Bonchev–Trinajstić information content (AvgIpc) is 3.05. The van der Waals surface area contributed by atoms with E-state index in [1.165, 1.54) is 18.2 Å². The Labute approximate surface area is 157 Å². The summed E-state index contributed by atoms with van der Waals surface area (Å²) in [6.45, 7) is 1.94. The summed E-state index contributed by atoms with van der Waals surface area (Å²) >= 11 is 0. The monoisotopic (exact) mass is 381 g/mol. The molecular weight excluding hydrogens is 366 g/mol. The molecule has 0 unspecified atom stereocenters. The van der Waals surface area contributed by atoms with Crippen LogP contribution >= 0.6 is 0 Å². The van der Waals surface area contributed by atoms with Gasteiger partial charge in [0.25, 0.3) is 0 Å². The van der Waals surface area contributed by atoms with E-state index < -0.39 is 11.6 Å². The van der Waals surface area contributed by atoms with E-state index in [9.17, 15) is 19.8 Å². The number of para-hydroxylation sites is 1. The van der Waals surface area contributed by atoms with Crippen LogP contribution in [0.2, 0.25) is 0 Å². The first kappa shape index (κ1) is 17.6. The second-order valence-electron chi connectivity index (χ2n) is 6.08. The number of esters is 1. The molecule has 0 aliphatic heterocycles. The van der Waals surface area contributed by atoms with Crippen LogP contribution in [0.3, 0.4) is 0 Å². The minimum atomic E-state index is -0.600. The average molecular weight is 381 g/mol. The Morgan fingerprint density at radius 1 is 1.14 bits per heavy atom. The van der Waals surface area contributed by atoms with Crippen molar-refractivity contribution in [1.82, 2.24) is 4.98 Å². The highest BCUT2D eigenvalue weighted by molar-refractivity contribution is 5.95. The van der Waals surface area contributed by atoms with Gasteiger partial charge in [-0.05, 0) is 30.7 Å². The summed E-state index contributed by atoms with van der Waals surface area (Å²) < 4.78 is 15.8. The molecule has 0 fully saturated rings. The zero-order valence-electron chi connectivity index (χ0n) is 14.8. The summed E-state index contributed by atoms with van der Waals surface area (Å²) in [5, 5.41) is 20.2. The van der Waals surface area contributed by atoms with Gasteiger partial charge >= 0.3 is 11.6 Å². The third-order valence-electron chi connectivity index (χ3n) is 4.22. The second-order valence-corrected chi connectivity index (χ2v) is 6.08. The third kappa shape index (κ3) is 3.05.